The summed E-state index contributed by atoms with van der Waals surface area (Å²) in [5, 5.41) is 0. The van der Waals surface area contributed by atoms with Crippen LogP contribution < -0.4 is 4.90 Å². The summed E-state index contributed by atoms with van der Waals surface area (Å²) >= 11 is 1.20. The lowest BCUT2D eigenvalue weighted by Crippen LogP contribution is -2.14. The average molecular weight is 142 g/mol. The highest BCUT2D eigenvalue weighted by atomic mass is 32.1. The summed E-state index contributed by atoms with van der Waals surface area (Å²) in [5.41, 5.74) is 1.56. The number of amides is 1. The Hall–Kier alpha value is -0.970. The molecule has 0 aliphatic rings. The van der Waals surface area contributed by atoms with Gasteiger partial charge in [-0.1, -0.05) is 0 Å². The first kappa shape index (κ1) is 6.15. The summed E-state index contributed by atoms with van der Waals surface area (Å²) < 4.78 is 3.78. The molecule has 1 amide bonds. The van der Waals surface area contributed by atoms with Crippen molar-refractivity contribution in [3.05, 3.63) is 5.51 Å². The van der Waals surface area contributed by atoms with E-state index in [9.17, 15) is 4.79 Å². The highest BCUT2D eigenvalue weighted by Gasteiger charge is 2.00. The molecule has 4 nitrogen and oxygen atoms in total. The fourth-order valence-corrected chi connectivity index (χ4v) is 0.806. The van der Waals surface area contributed by atoms with Crippen LogP contribution >= 0.6 is 11.5 Å². The number of anilines is 1. The van der Waals surface area contributed by atoms with Crippen molar-refractivity contribution in [1.29, 1.82) is 0 Å². The monoisotopic (exact) mass is 142 g/mol. The van der Waals surface area contributed by atoms with Crippen molar-refractivity contribution >= 4 is 23.9 Å². The SMILES string of the molecule is CN([C]=O)c1ncsn1. The summed E-state index contributed by atoms with van der Waals surface area (Å²) in [7, 11) is 1.55. The van der Waals surface area contributed by atoms with Crippen molar-refractivity contribution in [3.63, 3.8) is 0 Å². The Balaban J connectivity index is 2.76. The third kappa shape index (κ3) is 1.23. The van der Waals surface area contributed by atoms with Gasteiger partial charge in [-0.25, -0.2) is 4.98 Å². The summed E-state index contributed by atoms with van der Waals surface area (Å²) in [6, 6.07) is 0. The van der Waals surface area contributed by atoms with Gasteiger partial charge in [0.1, 0.15) is 5.51 Å². The second-order valence-electron chi connectivity index (χ2n) is 1.38. The van der Waals surface area contributed by atoms with Gasteiger partial charge in [-0.05, 0) is 11.5 Å². The van der Waals surface area contributed by atoms with Crippen molar-refractivity contribution in [2.45, 2.75) is 0 Å². The molecule has 1 aromatic heterocycles. The number of hydrogen-bond acceptors (Lipinski definition) is 4. The molecule has 1 heterocycles. The van der Waals surface area contributed by atoms with E-state index in [0.29, 0.717) is 5.95 Å². The maximum Gasteiger partial charge on any atom is 0.319 e. The van der Waals surface area contributed by atoms with Gasteiger partial charge in [0.05, 0.1) is 0 Å². The molecule has 0 aromatic carbocycles. The van der Waals surface area contributed by atoms with Gasteiger partial charge in [0.15, 0.2) is 0 Å². The molecule has 0 aliphatic heterocycles. The molecule has 0 spiro atoms. The molecular formula is C4H4N3OS. The summed E-state index contributed by atoms with van der Waals surface area (Å²) in [6.45, 7) is 0. The summed E-state index contributed by atoms with van der Waals surface area (Å²) in [5.74, 6) is 0.398. The van der Waals surface area contributed by atoms with E-state index >= 15 is 0 Å². The van der Waals surface area contributed by atoms with E-state index < -0.39 is 0 Å². The number of rotatable bonds is 2. The molecule has 0 aliphatic carbocycles. The van der Waals surface area contributed by atoms with E-state index in [-0.39, 0.29) is 0 Å². The van der Waals surface area contributed by atoms with Gasteiger partial charge in [-0.3, -0.25) is 9.69 Å². The number of nitrogens with zero attached hydrogens (tertiary/aromatic N) is 3. The van der Waals surface area contributed by atoms with E-state index in [0.717, 1.165) is 0 Å². The zero-order valence-electron chi connectivity index (χ0n) is 4.74. The standard InChI is InChI=1S/C4H4N3OS/c1-7(3-8)4-5-2-9-6-4/h2H,1H3. The Morgan fingerprint density at radius 3 is 3.11 bits per heavy atom. The van der Waals surface area contributed by atoms with E-state index in [1.165, 1.54) is 16.4 Å². The first-order valence-electron chi connectivity index (χ1n) is 2.22. The molecule has 9 heavy (non-hydrogen) atoms. The molecule has 5 heteroatoms. The molecule has 0 atom stereocenters. The minimum Gasteiger partial charge on any atom is -0.275 e. The molecule has 1 radical (unpaired) electrons. The molecule has 0 fully saturated rings. The van der Waals surface area contributed by atoms with Crippen LogP contribution in [0.1, 0.15) is 0 Å². The van der Waals surface area contributed by atoms with Gasteiger partial charge in [0.2, 0.25) is 5.95 Å². The summed E-state index contributed by atoms with van der Waals surface area (Å²) in [4.78, 5) is 14.9. The van der Waals surface area contributed by atoms with Crippen LogP contribution in [0.25, 0.3) is 0 Å². The van der Waals surface area contributed by atoms with Crippen LogP contribution in [-0.4, -0.2) is 22.8 Å². The normalized spacial score (nSPS) is 9.00. The Bertz CT molecular complexity index is 186. The highest BCUT2D eigenvalue weighted by molar-refractivity contribution is 7.03. The van der Waals surface area contributed by atoms with Crippen LogP contribution in [0.5, 0.6) is 0 Å². The Morgan fingerprint density at radius 1 is 1.89 bits per heavy atom. The van der Waals surface area contributed by atoms with Crippen molar-refractivity contribution in [2.75, 3.05) is 11.9 Å². The molecule has 0 saturated heterocycles. The third-order valence-electron chi connectivity index (χ3n) is 0.787. The number of hydrogen-bond donors (Lipinski definition) is 0. The second kappa shape index (κ2) is 2.54. The fraction of sp³-hybridized carbons (Fsp3) is 0.250. The van der Waals surface area contributed by atoms with Crippen LogP contribution in [0.3, 0.4) is 0 Å². The predicted molar refractivity (Wildman–Crippen MR) is 34.0 cm³/mol. The van der Waals surface area contributed by atoms with Crippen molar-refractivity contribution in [1.82, 2.24) is 9.36 Å². The maximum absolute atomic E-state index is 9.93. The molecule has 1 aromatic rings. The van der Waals surface area contributed by atoms with Crippen LogP contribution in [-0.2, 0) is 4.79 Å². The molecule has 0 N–H and O–H groups in total. The smallest absolute Gasteiger partial charge is 0.275 e. The topological polar surface area (TPSA) is 46.1 Å². The predicted octanol–water partition coefficient (Wildman–Crippen LogP) is 0.0415. The molecule has 0 saturated carbocycles. The largest absolute Gasteiger partial charge is 0.319 e. The van der Waals surface area contributed by atoms with Crippen LogP contribution in [0, 0.1) is 0 Å². The Kier molecular flexibility index (Phi) is 1.74. The zero-order valence-corrected chi connectivity index (χ0v) is 5.55. The first-order chi connectivity index (χ1) is 4.34. The molecule has 1 rings (SSSR count). The summed E-state index contributed by atoms with van der Waals surface area (Å²) in [6.07, 6.45) is 1.63. The molecule has 47 valence electrons. The van der Waals surface area contributed by atoms with E-state index in [1.807, 2.05) is 0 Å². The highest BCUT2D eigenvalue weighted by Crippen LogP contribution is 2.02. The van der Waals surface area contributed by atoms with Crippen molar-refractivity contribution in [2.24, 2.45) is 0 Å². The average Bonchev–Trinajstić information content (AvgIpc) is 2.37. The maximum atomic E-state index is 9.93. The minimum absolute atomic E-state index is 0.398. The van der Waals surface area contributed by atoms with Gasteiger partial charge in [0, 0.05) is 7.05 Å². The number of aromatic nitrogens is 2. The lowest BCUT2D eigenvalue weighted by molar-refractivity contribution is 0.553. The van der Waals surface area contributed by atoms with Crippen LogP contribution in [0.2, 0.25) is 0 Å². The van der Waals surface area contributed by atoms with Gasteiger partial charge in [-0.15, -0.1) is 0 Å². The molecule has 0 unspecified atom stereocenters. The van der Waals surface area contributed by atoms with E-state index in [4.69, 9.17) is 0 Å². The molecular weight excluding hydrogens is 138 g/mol. The van der Waals surface area contributed by atoms with Crippen molar-refractivity contribution in [3.8, 4) is 0 Å². The molecule has 0 bridgehead atoms. The van der Waals surface area contributed by atoms with Crippen LogP contribution in [0.4, 0.5) is 5.95 Å². The third-order valence-corrected chi connectivity index (χ3v) is 1.25. The lowest BCUT2D eigenvalue weighted by atomic mass is 10.8. The Labute approximate surface area is 56.3 Å². The Morgan fingerprint density at radius 2 is 2.67 bits per heavy atom. The zero-order chi connectivity index (χ0) is 6.69. The lowest BCUT2D eigenvalue weighted by Gasteiger charge is -1.99. The van der Waals surface area contributed by atoms with Crippen LogP contribution in [0.15, 0.2) is 5.51 Å². The number of carbonyl (C=O) groups excluding carboxylic acids is 1. The van der Waals surface area contributed by atoms with Gasteiger partial charge in [-0.2, -0.15) is 4.37 Å². The minimum atomic E-state index is 0.398. The fourth-order valence-electron chi connectivity index (χ4n) is 0.354. The first-order valence-corrected chi connectivity index (χ1v) is 3.06. The van der Waals surface area contributed by atoms with Gasteiger partial charge < -0.3 is 0 Å². The van der Waals surface area contributed by atoms with E-state index in [1.54, 1.807) is 19.0 Å². The quantitative estimate of drug-likeness (QED) is 0.548. The van der Waals surface area contributed by atoms with E-state index in [2.05, 4.69) is 9.36 Å². The second-order valence-corrected chi connectivity index (χ2v) is 1.99. The van der Waals surface area contributed by atoms with Gasteiger partial charge in [0.25, 0.3) is 0 Å². The van der Waals surface area contributed by atoms with Gasteiger partial charge >= 0.3 is 6.41 Å². The van der Waals surface area contributed by atoms with Crippen molar-refractivity contribution < 1.29 is 4.79 Å².